The number of hydrogen-bond donors (Lipinski definition) is 2. The number of ether oxygens (including phenoxy) is 1. The number of amides is 3. The van der Waals surface area contributed by atoms with Crippen LogP contribution in [0.5, 0.6) is 0 Å². The molecule has 0 radical (unpaired) electrons. The van der Waals surface area contributed by atoms with Gasteiger partial charge in [-0.2, -0.15) is 0 Å². The molecule has 1 aromatic heterocycles. The molecule has 116 valence electrons. The van der Waals surface area contributed by atoms with Gasteiger partial charge in [-0.3, -0.25) is 14.9 Å². The van der Waals surface area contributed by atoms with Crippen LogP contribution in [-0.4, -0.2) is 36.0 Å². The monoisotopic (exact) mass is 314 g/mol. The van der Waals surface area contributed by atoms with E-state index in [0.717, 1.165) is 0 Å². The molecule has 0 saturated carbocycles. The highest BCUT2D eigenvalue weighted by atomic mass is 32.2. The third kappa shape index (κ3) is 7.40. The Balaban J connectivity index is 2.17. The molecule has 2 N–H and O–H groups in total. The molecule has 1 aromatic rings. The molecule has 1 atom stereocenters. The van der Waals surface area contributed by atoms with Crippen LogP contribution in [0.25, 0.3) is 0 Å². The second-order valence-electron chi connectivity index (χ2n) is 4.21. The second kappa shape index (κ2) is 9.06. The average molecular weight is 314 g/mol. The van der Waals surface area contributed by atoms with Crippen molar-refractivity contribution < 1.29 is 23.5 Å². The molecule has 1 unspecified atom stereocenters. The van der Waals surface area contributed by atoms with Gasteiger partial charge in [-0.05, 0) is 12.1 Å². The van der Waals surface area contributed by atoms with Gasteiger partial charge >= 0.3 is 12.0 Å². The third-order valence-corrected chi connectivity index (χ3v) is 3.60. The predicted molar refractivity (Wildman–Crippen MR) is 77.6 cm³/mol. The molecule has 0 aliphatic heterocycles. The van der Waals surface area contributed by atoms with Crippen LogP contribution in [0.15, 0.2) is 22.8 Å². The number of urea groups is 1. The molecule has 0 aliphatic rings. The van der Waals surface area contributed by atoms with E-state index in [4.69, 9.17) is 4.42 Å². The molecule has 1 heterocycles. The smallest absolute Gasteiger partial charge is 0.321 e. The van der Waals surface area contributed by atoms with E-state index in [0.29, 0.717) is 5.76 Å². The lowest BCUT2D eigenvalue weighted by Crippen LogP contribution is -2.40. The van der Waals surface area contributed by atoms with Crippen LogP contribution >= 0.6 is 11.8 Å². The lowest BCUT2D eigenvalue weighted by Gasteiger charge is -2.09. The molecule has 0 saturated heterocycles. The minimum atomic E-state index is -0.586. The summed E-state index contributed by atoms with van der Waals surface area (Å²) < 4.78 is 9.57. The number of methoxy groups -OCH3 is 1. The van der Waals surface area contributed by atoms with Crippen molar-refractivity contribution in [1.29, 1.82) is 0 Å². The average Bonchev–Trinajstić information content (AvgIpc) is 2.96. The van der Waals surface area contributed by atoms with Gasteiger partial charge in [0.1, 0.15) is 5.76 Å². The van der Waals surface area contributed by atoms with Crippen LogP contribution in [0.4, 0.5) is 4.79 Å². The van der Waals surface area contributed by atoms with Gasteiger partial charge in [0.2, 0.25) is 5.91 Å². The number of esters is 1. The Bertz CT molecular complexity index is 475. The van der Waals surface area contributed by atoms with Crippen LogP contribution in [0.3, 0.4) is 0 Å². The van der Waals surface area contributed by atoms with Gasteiger partial charge in [-0.1, -0.05) is 6.92 Å². The first-order valence-corrected chi connectivity index (χ1v) is 7.34. The van der Waals surface area contributed by atoms with Gasteiger partial charge in [-0.15, -0.1) is 11.8 Å². The summed E-state index contributed by atoms with van der Waals surface area (Å²) in [6.07, 6.45) is 1.72. The molecule has 0 spiro atoms. The third-order valence-electron chi connectivity index (χ3n) is 2.44. The molecule has 7 nitrogen and oxygen atoms in total. The van der Waals surface area contributed by atoms with Crippen LogP contribution in [-0.2, 0) is 20.9 Å². The summed E-state index contributed by atoms with van der Waals surface area (Å²) in [5.41, 5.74) is 0. The highest BCUT2D eigenvalue weighted by Gasteiger charge is 2.13. The molecule has 0 aliphatic carbocycles. The lowest BCUT2D eigenvalue weighted by atomic mass is 10.3. The number of imide groups is 1. The van der Waals surface area contributed by atoms with Crippen LogP contribution in [0, 0.1) is 0 Å². The van der Waals surface area contributed by atoms with E-state index in [9.17, 15) is 14.4 Å². The number of nitrogens with one attached hydrogen (secondary N) is 2. The molecule has 3 amide bonds. The van der Waals surface area contributed by atoms with Gasteiger partial charge in [0.05, 0.1) is 32.1 Å². The Hall–Kier alpha value is -1.96. The van der Waals surface area contributed by atoms with Gasteiger partial charge in [0.25, 0.3) is 0 Å². The van der Waals surface area contributed by atoms with Crippen LogP contribution in [0.2, 0.25) is 0 Å². The quantitative estimate of drug-likeness (QED) is 0.736. The van der Waals surface area contributed by atoms with Crippen molar-refractivity contribution in [1.82, 2.24) is 10.6 Å². The number of thioether (sulfide) groups is 1. The van der Waals surface area contributed by atoms with Crippen molar-refractivity contribution >= 4 is 29.7 Å². The van der Waals surface area contributed by atoms with Crippen molar-refractivity contribution in [2.75, 3.05) is 12.9 Å². The first-order valence-electron chi connectivity index (χ1n) is 6.29. The van der Waals surface area contributed by atoms with Gasteiger partial charge in [0.15, 0.2) is 0 Å². The van der Waals surface area contributed by atoms with Crippen molar-refractivity contribution in [3.63, 3.8) is 0 Å². The molecule has 0 bridgehead atoms. The fourth-order valence-electron chi connectivity index (χ4n) is 1.38. The Labute approximate surface area is 126 Å². The maximum atomic E-state index is 11.5. The van der Waals surface area contributed by atoms with Crippen molar-refractivity contribution in [3.8, 4) is 0 Å². The summed E-state index contributed by atoms with van der Waals surface area (Å²) >= 11 is 1.27. The molecular formula is C13H18N2O5S. The van der Waals surface area contributed by atoms with E-state index < -0.39 is 11.9 Å². The highest BCUT2D eigenvalue weighted by molar-refractivity contribution is 8.00. The summed E-state index contributed by atoms with van der Waals surface area (Å²) in [4.78, 5) is 34.0. The Kier molecular flexibility index (Phi) is 7.38. The van der Waals surface area contributed by atoms with Gasteiger partial charge in [0, 0.05) is 5.25 Å². The number of hydrogen-bond acceptors (Lipinski definition) is 6. The predicted octanol–water partition coefficient (Wildman–Crippen LogP) is 1.29. The Morgan fingerprint density at radius 2 is 2.19 bits per heavy atom. The number of furan rings is 1. The Morgan fingerprint density at radius 1 is 1.43 bits per heavy atom. The summed E-state index contributed by atoms with van der Waals surface area (Å²) in [6, 6.07) is 2.84. The molecule has 8 heteroatoms. The summed E-state index contributed by atoms with van der Waals surface area (Å²) in [7, 11) is 1.32. The van der Waals surface area contributed by atoms with Crippen molar-refractivity contribution in [2.24, 2.45) is 0 Å². The minimum Gasteiger partial charge on any atom is -0.469 e. The zero-order chi connectivity index (χ0) is 15.7. The van der Waals surface area contributed by atoms with E-state index in [-0.39, 0.29) is 29.9 Å². The summed E-state index contributed by atoms with van der Waals surface area (Å²) in [6.45, 7) is 2.02. The van der Waals surface area contributed by atoms with Crippen LogP contribution < -0.4 is 10.6 Å². The fraction of sp³-hybridized carbons (Fsp3) is 0.462. The van der Waals surface area contributed by atoms with Gasteiger partial charge < -0.3 is 14.5 Å². The van der Waals surface area contributed by atoms with Crippen molar-refractivity contribution in [2.45, 2.75) is 25.1 Å². The van der Waals surface area contributed by atoms with Crippen molar-refractivity contribution in [3.05, 3.63) is 24.2 Å². The molecule has 21 heavy (non-hydrogen) atoms. The molecule has 0 aromatic carbocycles. The van der Waals surface area contributed by atoms with Crippen LogP contribution in [0.1, 0.15) is 19.1 Å². The summed E-state index contributed by atoms with van der Waals surface area (Å²) in [5.74, 6) is -0.0641. The van der Waals surface area contributed by atoms with Gasteiger partial charge in [-0.25, -0.2) is 4.79 Å². The highest BCUT2D eigenvalue weighted by Crippen LogP contribution is 2.13. The minimum absolute atomic E-state index is 0.0608. The fourth-order valence-corrected chi connectivity index (χ4v) is 2.14. The maximum Gasteiger partial charge on any atom is 0.321 e. The summed E-state index contributed by atoms with van der Waals surface area (Å²) in [5, 5.41) is 4.63. The first kappa shape index (κ1) is 17.1. The topological polar surface area (TPSA) is 97.6 Å². The number of rotatable bonds is 7. The molecule has 0 fully saturated rings. The normalized spacial score (nSPS) is 11.5. The van der Waals surface area contributed by atoms with E-state index in [1.54, 1.807) is 12.1 Å². The molecular weight excluding hydrogens is 296 g/mol. The zero-order valence-electron chi connectivity index (χ0n) is 11.9. The van der Waals surface area contributed by atoms with E-state index in [2.05, 4.69) is 15.4 Å². The SMILES string of the molecule is COC(=O)CC(C)SCC(=O)NC(=O)NCc1ccco1. The lowest BCUT2D eigenvalue weighted by molar-refractivity contribution is -0.140. The van der Waals surface area contributed by atoms with E-state index >= 15 is 0 Å². The second-order valence-corrected chi connectivity index (χ2v) is 5.64. The zero-order valence-corrected chi connectivity index (χ0v) is 12.7. The molecule has 1 rings (SSSR count). The van der Waals surface area contributed by atoms with E-state index in [1.165, 1.54) is 25.1 Å². The number of carbonyl (C=O) groups is 3. The maximum absolute atomic E-state index is 11.5. The first-order chi connectivity index (χ1) is 10.0. The Morgan fingerprint density at radius 3 is 2.81 bits per heavy atom. The standard InChI is InChI=1S/C13H18N2O5S/c1-9(6-12(17)19-2)21-8-11(16)15-13(18)14-7-10-4-3-5-20-10/h3-5,9H,6-8H2,1-2H3,(H2,14,15,16,18). The number of carbonyl (C=O) groups excluding carboxylic acids is 3. The largest absolute Gasteiger partial charge is 0.469 e. The van der Waals surface area contributed by atoms with E-state index in [1.807, 2.05) is 6.92 Å².